The molecule has 2 atom stereocenters. The average Bonchev–Trinajstić information content (AvgIpc) is 2.26. The molecule has 0 saturated heterocycles. The van der Waals surface area contributed by atoms with E-state index in [9.17, 15) is 10.1 Å². The van der Waals surface area contributed by atoms with Gasteiger partial charge in [-0.3, -0.25) is 10.1 Å². The van der Waals surface area contributed by atoms with Crippen molar-refractivity contribution in [2.75, 3.05) is 0 Å². The lowest BCUT2D eigenvalue weighted by Crippen LogP contribution is -2.08. The van der Waals surface area contributed by atoms with Crippen LogP contribution in [0.4, 0.5) is 5.69 Å². The summed E-state index contributed by atoms with van der Waals surface area (Å²) in [5, 5.41) is 10.7. The third-order valence-corrected chi connectivity index (χ3v) is 4.32. The molecule has 2 unspecified atom stereocenters. The summed E-state index contributed by atoms with van der Waals surface area (Å²) in [6.45, 7) is 6.03. The maximum atomic E-state index is 10.7. The van der Waals surface area contributed by atoms with Gasteiger partial charge in [-0.25, -0.2) is 0 Å². The van der Waals surface area contributed by atoms with Crippen LogP contribution in [0.3, 0.4) is 0 Å². The summed E-state index contributed by atoms with van der Waals surface area (Å²) in [4.78, 5) is 10.8. The highest BCUT2D eigenvalue weighted by atomic mass is 79.9. The van der Waals surface area contributed by atoms with Crippen molar-refractivity contribution in [2.45, 2.75) is 37.9 Å². The standard InChI is InChI=1S/C12H16BrNO2/c1-4-11(13)9(3)10-5-6-12(14(15)16)8(2)7-10/h5-7,9,11H,4H2,1-3H3. The minimum Gasteiger partial charge on any atom is -0.258 e. The Hall–Kier alpha value is -0.900. The molecule has 1 aromatic carbocycles. The molecule has 0 fully saturated rings. The van der Waals surface area contributed by atoms with E-state index in [0.29, 0.717) is 10.7 Å². The fourth-order valence-electron chi connectivity index (χ4n) is 1.73. The number of alkyl halides is 1. The van der Waals surface area contributed by atoms with Crippen LogP contribution in [-0.2, 0) is 0 Å². The van der Waals surface area contributed by atoms with E-state index in [-0.39, 0.29) is 10.6 Å². The van der Waals surface area contributed by atoms with Crippen molar-refractivity contribution < 1.29 is 4.92 Å². The van der Waals surface area contributed by atoms with Crippen LogP contribution >= 0.6 is 15.9 Å². The van der Waals surface area contributed by atoms with Gasteiger partial charge in [0.2, 0.25) is 0 Å². The highest BCUT2D eigenvalue weighted by Gasteiger charge is 2.17. The molecule has 3 nitrogen and oxygen atoms in total. The molecule has 0 aliphatic heterocycles. The Balaban J connectivity index is 3.01. The van der Waals surface area contributed by atoms with Gasteiger partial charge in [-0.15, -0.1) is 0 Å². The largest absolute Gasteiger partial charge is 0.272 e. The Morgan fingerprint density at radius 3 is 2.56 bits per heavy atom. The zero-order chi connectivity index (χ0) is 12.3. The summed E-state index contributed by atoms with van der Waals surface area (Å²) >= 11 is 3.62. The Kier molecular flexibility index (Phi) is 4.47. The van der Waals surface area contributed by atoms with Crippen LogP contribution in [0.5, 0.6) is 0 Å². The van der Waals surface area contributed by atoms with E-state index in [0.717, 1.165) is 17.5 Å². The maximum absolute atomic E-state index is 10.7. The Morgan fingerprint density at radius 1 is 1.50 bits per heavy atom. The first-order chi connectivity index (χ1) is 7.47. The fourth-order valence-corrected chi connectivity index (χ4v) is 2.03. The van der Waals surface area contributed by atoms with Crippen LogP contribution in [0.15, 0.2) is 18.2 Å². The van der Waals surface area contributed by atoms with E-state index >= 15 is 0 Å². The summed E-state index contributed by atoms with van der Waals surface area (Å²) in [5.74, 6) is 0.365. The summed E-state index contributed by atoms with van der Waals surface area (Å²) in [6, 6.07) is 5.35. The molecule has 16 heavy (non-hydrogen) atoms. The summed E-state index contributed by atoms with van der Waals surface area (Å²) in [6.07, 6.45) is 1.04. The molecule has 1 aromatic rings. The number of nitro benzene ring substituents is 1. The monoisotopic (exact) mass is 285 g/mol. The minimum atomic E-state index is -0.338. The van der Waals surface area contributed by atoms with Gasteiger partial charge >= 0.3 is 0 Å². The van der Waals surface area contributed by atoms with Gasteiger partial charge in [-0.1, -0.05) is 35.8 Å². The molecule has 0 aromatic heterocycles. The number of rotatable bonds is 4. The molecule has 0 radical (unpaired) electrons. The molecule has 0 bridgehead atoms. The SMILES string of the molecule is CCC(Br)C(C)c1ccc([N+](=O)[O-])c(C)c1. The van der Waals surface area contributed by atoms with Crippen molar-refractivity contribution in [1.82, 2.24) is 0 Å². The Morgan fingerprint density at radius 2 is 2.12 bits per heavy atom. The van der Waals surface area contributed by atoms with E-state index in [1.165, 1.54) is 0 Å². The van der Waals surface area contributed by atoms with Gasteiger partial charge < -0.3 is 0 Å². The third kappa shape index (κ3) is 2.82. The molecule has 0 amide bonds. The van der Waals surface area contributed by atoms with E-state index in [1.54, 1.807) is 13.0 Å². The quantitative estimate of drug-likeness (QED) is 0.473. The average molecular weight is 286 g/mol. The lowest BCUT2D eigenvalue weighted by atomic mass is 9.94. The molecule has 0 spiro atoms. The molecule has 1 rings (SSSR count). The lowest BCUT2D eigenvalue weighted by molar-refractivity contribution is -0.385. The second-order valence-corrected chi connectivity index (χ2v) is 5.19. The summed E-state index contributed by atoms with van der Waals surface area (Å²) in [5.41, 5.74) is 2.07. The molecule has 88 valence electrons. The van der Waals surface area contributed by atoms with E-state index in [1.807, 2.05) is 12.1 Å². The van der Waals surface area contributed by atoms with Gasteiger partial charge in [-0.2, -0.15) is 0 Å². The van der Waals surface area contributed by atoms with Crippen molar-refractivity contribution in [3.05, 3.63) is 39.4 Å². The first-order valence-corrected chi connectivity index (χ1v) is 6.28. The van der Waals surface area contributed by atoms with Crippen LogP contribution in [0.25, 0.3) is 0 Å². The van der Waals surface area contributed by atoms with Crippen molar-refractivity contribution in [2.24, 2.45) is 0 Å². The molecular weight excluding hydrogens is 270 g/mol. The first kappa shape index (κ1) is 13.2. The highest BCUT2D eigenvalue weighted by molar-refractivity contribution is 9.09. The second kappa shape index (κ2) is 5.43. The molecule has 0 heterocycles. The predicted molar refractivity (Wildman–Crippen MR) is 69.3 cm³/mol. The van der Waals surface area contributed by atoms with Crippen LogP contribution in [-0.4, -0.2) is 9.75 Å². The molecule has 0 aliphatic carbocycles. The highest BCUT2D eigenvalue weighted by Crippen LogP contribution is 2.29. The Bertz CT molecular complexity index is 393. The minimum absolute atomic E-state index is 0.193. The van der Waals surface area contributed by atoms with Crippen molar-refractivity contribution in [1.29, 1.82) is 0 Å². The van der Waals surface area contributed by atoms with Gasteiger partial charge in [-0.05, 0) is 30.9 Å². The van der Waals surface area contributed by atoms with Crippen LogP contribution in [0, 0.1) is 17.0 Å². The van der Waals surface area contributed by atoms with Gasteiger partial charge in [0.15, 0.2) is 0 Å². The first-order valence-electron chi connectivity index (χ1n) is 5.36. The normalized spacial score (nSPS) is 14.5. The van der Waals surface area contributed by atoms with E-state index < -0.39 is 0 Å². The van der Waals surface area contributed by atoms with Gasteiger partial charge in [0.1, 0.15) is 0 Å². The number of halogens is 1. The zero-order valence-electron chi connectivity index (χ0n) is 9.74. The Labute approximate surface area is 104 Å². The van der Waals surface area contributed by atoms with E-state index in [2.05, 4.69) is 29.8 Å². The van der Waals surface area contributed by atoms with Gasteiger partial charge in [0, 0.05) is 16.5 Å². The second-order valence-electron chi connectivity index (χ2n) is 4.02. The predicted octanol–water partition coefficient (Wildman–Crippen LogP) is 4.18. The molecule has 0 saturated carbocycles. The molecule has 4 heteroatoms. The summed E-state index contributed by atoms with van der Waals surface area (Å²) < 4.78 is 0. The van der Waals surface area contributed by atoms with Crippen molar-refractivity contribution >= 4 is 21.6 Å². The van der Waals surface area contributed by atoms with Gasteiger partial charge in [0.25, 0.3) is 5.69 Å². The number of nitrogens with zero attached hydrogens (tertiary/aromatic N) is 1. The maximum Gasteiger partial charge on any atom is 0.272 e. The van der Waals surface area contributed by atoms with Crippen LogP contribution in [0.2, 0.25) is 0 Å². The number of nitro groups is 1. The number of aryl methyl sites for hydroxylation is 1. The van der Waals surface area contributed by atoms with Crippen molar-refractivity contribution in [3.63, 3.8) is 0 Å². The number of benzene rings is 1. The van der Waals surface area contributed by atoms with Crippen molar-refractivity contribution in [3.8, 4) is 0 Å². The van der Waals surface area contributed by atoms with Crippen LogP contribution in [0.1, 0.15) is 37.3 Å². The van der Waals surface area contributed by atoms with E-state index in [4.69, 9.17) is 0 Å². The zero-order valence-corrected chi connectivity index (χ0v) is 11.3. The number of hydrogen-bond donors (Lipinski definition) is 0. The third-order valence-electron chi connectivity index (χ3n) is 2.88. The number of hydrogen-bond acceptors (Lipinski definition) is 2. The fraction of sp³-hybridized carbons (Fsp3) is 0.500. The molecule has 0 N–H and O–H groups in total. The van der Waals surface area contributed by atoms with Crippen LogP contribution < -0.4 is 0 Å². The topological polar surface area (TPSA) is 43.1 Å². The summed E-state index contributed by atoms with van der Waals surface area (Å²) in [7, 11) is 0. The molecule has 0 aliphatic rings. The molecular formula is C12H16BrNO2. The van der Waals surface area contributed by atoms with Gasteiger partial charge in [0.05, 0.1) is 4.92 Å². The lowest BCUT2D eigenvalue weighted by Gasteiger charge is -2.17. The smallest absolute Gasteiger partial charge is 0.258 e.